The average Bonchev–Trinajstić information content (AvgIpc) is 2.42. The summed E-state index contributed by atoms with van der Waals surface area (Å²) >= 11 is 5.94. The number of aromatic nitrogens is 1. The van der Waals surface area contributed by atoms with Gasteiger partial charge >= 0.3 is 0 Å². The third-order valence-corrected chi connectivity index (χ3v) is 3.14. The van der Waals surface area contributed by atoms with Gasteiger partial charge < -0.3 is 15.6 Å². The molecular weight excluding hydrogens is 264 g/mol. The van der Waals surface area contributed by atoms with E-state index in [2.05, 4.69) is 4.98 Å². The van der Waals surface area contributed by atoms with Crippen molar-refractivity contribution in [2.24, 2.45) is 0 Å². The average molecular weight is 279 g/mol. The number of halogens is 1. The smallest absolute Gasteiger partial charge is 0.141 e. The predicted octanol–water partition coefficient (Wildman–Crippen LogP) is 2.20. The largest absolute Gasteiger partial charge is 0.383 e. The van der Waals surface area contributed by atoms with Crippen molar-refractivity contribution in [1.82, 2.24) is 4.98 Å². The first-order valence-electron chi connectivity index (χ1n) is 5.76. The summed E-state index contributed by atoms with van der Waals surface area (Å²) in [5.41, 5.74) is 5.59. The molecule has 1 aromatic carbocycles. The van der Waals surface area contributed by atoms with Crippen molar-refractivity contribution in [1.29, 1.82) is 0 Å². The van der Waals surface area contributed by atoms with Crippen LogP contribution < -0.4 is 5.73 Å². The number of aliphatic hydroxyl groups is 1. The van der Waals surface area contributed by atoms with Gasteiger partial charge in [-0.15, -0.1) is 0 Å². The number of hydrogen-bond acceptors (Lipinski definition) is 4. The number of nitrogens with two attached hydrogens (primary N) is 1. The minimum atomic E-state index is -1.38. The number of rotatable bonds is 4. The number of benzene rings is 1. The van der Waals surface area contributed by atoms with E-state index in [4.69, 9.17) is 22.1 Å². The summed E-state index contributed by atoms with van der Waals surface area (Å²) < 4.78 is 5.13. The van der Waals surface area contributed by atoms with E-state index in [1.165, 1.54) is 13.3 Å². The van der Waals surface area contributed by atoms with Crippen molar-refractivity contribution in [2.45, 2.75) is 5.60 Å². The number of nitrogens with zero attached hydrogens (tertiary/aromatic N) is 1. The summed E-state index contributed by atoms with van der Waals surface area (Å²) in [5, 5.41) is 11.4. The molecular formula is C14H15ClN2O2. The van der Waals surface area contributed by atoms with Crippen LogP contribution in [0.4, 0.5) is 5.82 Å². The molecule has 4 nitrogen and oxygen atoms in total. The standard InChI is InChI=1S/C14H15ClN2O2/c1-19-9-14(18,10-5-3-2-4-6-10)12-7-11(15)8-17-13(12)16/h2-8,18H,9H2,1H3,(H2,16,17). The van der Waals surface area contributed by atoms with E-state index in [0.29, 0.717) is 16.1 Å². The summed E-state index contributed by atoms with van der Waals surface area (Å²) in [4.78, 5) is 3.98. The molecule has 0 saturated carbocycles. The minimum Gasteiger partial charge on any atom is -0.383 e. The zero-order valence-corrected chi connectivity index (χ0v) is 11.3. The zero-order chi connectivity index (χ0) is 13.9. The first kappa shape index (κ1) is 13.8. The minimum absolute atomic E-state index is 0.0588. The van der Waals surface area contributed by atoms with Crippen molar-refractivity contribution in [3.05, 3.63) is 58.7 Å². The van der Waals surface area contributed by atoms with Crippen LogP contribution in [0.25, 0.3) is 0 Å². The molecule has 0 amide bonds. The molecule has 0 aliphatic rings. The second-order valence-corrected chi connectivity index (χ2v) is 4.68. The van der Waals surface area contributed by atoms with Gasteiger partial charge in [0, 0.05) is 18.9 Å². The molecule has 0 saturated heterocycles. The highest BCUT2D eigenvalue weighted by atomic mass is 35.5. The maximum Gasteiger partial charge on any atom is 0.141 e. The second-order valence-electron chi connectivity index (χ2n) is 4.25. The number of nitrogen functional groups attached to an aromatic ring is 1. The van der Waals surface area contributed by atoms with Crippen molar-refractivity contribution in [3.63, 3.8) is 0 Å². The second kappa shape index (κ2) is 5.57. The third kappa shape index (κ3) is 2.71. The molecule has 1 unspecified atom stereocenters. The Kier molecular flexibility index (Phi) is 4.04. The van der Waals surface area contributed by atoms with Crippen LogP contribution in [-0.2, 0) is 10.3 Å². The molecule has 2 rings (SSSR count). The van der Waals surface area contributed by atoms with Gasteiger partial charge in [0.2, 0.25) is 0 Å². The Morgan fingerprint density at radius 2 is 2.05 bits per heavy atom. The Morgan fingerprint density at radius 1 is 1.37 bits per heavy atom. The van der Waals surface area contributed by atoms with E-state index >= 15 is 0 Å². The lowest BCUT2D eigenvalue weighted by Crippen LogP contribution is -2.33. The molecule has 19 heavy (non-hydrogen) atoms. The Balaban J connectivity index is 2.59. The van der Waals surface area contributed by atoms with Crippen molar-refractivity contribution in [3.8, 4) is 0 Å². The monoisotopic (exact) mass is 278 g/mol. The molecule has 0 bridgehead atoms. The highest BCUT2D eigenvalue weighted by Gasteiger charge is 2.34. The Morgan fingerprint density at radius 3 is 2.68 bits per heavy atom. The molecule has 0 radical (unpaired) electrons. The topological polar surface area (TPSA) is 68.4 Å². The maximum absolute atomic E-state index is 11.0. The highest BCUT2D eigenvalue weighted by molar-refractivity contribution is 6.30. The van der Waals surface area contributed by atoms with Gasteiger partial charge in [-0.25, -0.2) is 4.98 Å². The summed E-state index contributed by atoms with van der Waals surface area (Å²) in [6, 6.07) is 10.8. The summed E-state index contributed by atoms with van der Waals surface area (Å²) in [6.45, 7) is 0.0588. The molecule has 0 spiro atoms. The van der Waals surface area contributed by atoms with Gasteiger partial charge in [-0.05, 0) is 11.6 Å². The van der Waals surface area contributed by atoms with Crippen LogP contribution in [0.1, 0.15) is 11.1 Å². The van der Waals surface area contributed by atoms with Crippen molar-refractivity contribution in [2.75, 3.05) is 19.5 Å². The molecule has 5 heteroatoms. The molecule has 1 aromatic heterocycles. The van der Waals surface area contributed by atoms with E-state index in [9.17, 15) is 5.11 Å². The molecule has 1 atom stereocenters. The van der Waals surface area contributed by atoms with Gasteiger partial charge in [-0.2, -0.15) is 0 Å². The molecule has 3 N–H and O–H groups in total. The molecule has 0 aliphatic carbocycles. The van der Waals surface area contributed by atoms with Gasteiger partial charge in [0.05, 0.1) is 11.6 Å². The molecule has 100 valence electrons. The van der Waals surface area contributed by atoms with Gasteiger partial charge in [0.25, 0.3) is 0 Å². The van der Waals surface area contributed by atoms with Crippen LogP contribution in [0.3, 0.4) is 0 Å². The van der Waals surface area contributed by atoms with Crippen molar-refractivity contribution < 1.29 is 9.84 Å². The van der Waals surface area contributed by atoms with Gasteiger partial charge in [-0.1, -0.05) is 41.9 Å². The Hall–Kier alpha value is -1.62. The quantitative estimate of drug-likeness (QED) is 0.900. The molecule has 0 fully saturated rings. The van der Waals surface area contributed by atoms with Gasteiger partial charge in [0.15, 0.2) is 0 Å². The normalized spacial score (nSPS) is 14.1. The van der Waals surface area contributed by atoms with E-state index in [1.54, 1.807) is 18.2 Å². The summed E-state index contributed by atoms with van der Waals surface area (Å²) in [5.74, 6) is 0.229. The van der Waals surface area contributed by atoms with E-state index in [0.717, 1.165) is 0 Å². The fraction of sp³-hybridized carbons (Fsp3) is 0.214. The van der Waals surface area contributed by atoms with E-state index in [-0.39, 0.29) is 12.4 Å². The van der Waals surface area contributed by atoms with Crippen LogP contribution >= 0.6 is 11.6 Å². The first-order chi connectivity index (χ1) is 9.08. The lowest BCUT2D eigenvalue weighted by Gasteiger charge is -2.29. The fourth-order valence-electron chi connectivity index (χ4n) is 2.02. The molecule has 2 aromatic rings. The van der Waals surface area contributed by atoms with E-state index in [1.807, 2.05) is 18.2 Å². The zero-order valence-electron chi connectivity index (χ0n) is 10.5. The Bertz CT molecular complexity index is 563. The first-order valence-corrected chi connectivity index (χ1v) is 6.14. The maximum atomic E-state index is 11.0. The fourth-order valence-corrected chi connectivity index (χ4v) is 2.18. The Labute approximate surface area is 116 Å². The van der Waals surface area contributed by atoms with Crippen LogP contribution in [0.15, 0.2) is 42.6 Å². The summed E-state index contributed by atoms with van der Waals surface area (Å²) in [6.07, 6.45) is 1.44. The van der Waals surface area contributed by atoms with Crippen LogP contribution in [0.5, 0.6) is 0 Å². The van der Waals surface area contributed by atoms with Crippen LogP contribution in [0.2, 0.25) is 5.02 Å². The number of anilines is 1. The lowest BCUT2D eigenvalue weighted by molar-refractivity contribution is -0.00291. The van der Waals surface area contributed by atoms with Crippen LogP contribution in [0, 0.1) is 0 Å². The number of ether oxygens (including phenoxy) is 1. The number of pyridine rings is 1. The van der Waals surface area contributed by atoms with Gasteiger partial charge in [-0.3, -0.25) is 0 Å². The lowest BCUT2D eigenvalue weighted by atomic mass is 9.87. The van der Waals surface area contributed by atoms with Gasteiger partial charge in [0.1, 0.15) is 11.4 Å². The number of methoxy groups -OCH3 is 1. The highest BCUT2D eigenvalue weighted by Crippen LogP contribution is 2.34. The SMILES string of the molecule is COCC(O)(c1ccccc1)c1cc(Cl)cnc1N. The number of hydrogen-bond donors (Lipinski definition) is 2. The predicted molar refractivity (Wildman–Crippen MR) is 75.0 cm³/mol. The van der Waals surface area contributed by atoms with E-state index < -0.39 is 5.60 Å². The summed E-state index contributed by atoms with van der Waals surface area (Å²) in [7, 11) is 1.52. The van der Waals surface area contributed by atoms with Crippen LogP contribution in [-0.4, -0.2) is 23.8 Å². The van der Waals surface area contributed by atoms with Crippen molar-refractivity contribution >= 4 is 17.4 Å². The third-order valence-electron chi connectivity index (χ3n) is 2.94. The molecule has 1 heterocycles. The molecule has 0 aliphatic heterocycles.